The molecule has 0 aromatic heterocycles. The Morgan fingerprint density at radius 3 is 2.43 bits per heavy atom. The summed E-state index contributed by atoms with van der Waals surface area (Å²) in [4.78, 5) is 0.404. The standard InChI is InChI=1S/C18H21NOS/c1-3-13(2)14-8-10-16(11-9-14)20-12-15-6-4-5-7-17(15)18(19)21/h4-11,13H,3,12H2,1-2H3,(H2,19,21). The van der Waals surface area contributed by atoms with Crippen LogP contribution in [0.5, 0.6) is 5.75 Å². The van der Waals surface area contributed by atoms with E-state index in [0.717, 1.165) is 23.3 Å². The molecular weight excluding hydrogens is 278 g/mol. The van der Waals surface area contributed by atoms with Gasteiger partial charge in [0, 0.05) is 5.56 Å². The van der Waals surface area contributed by atoms with Crippen molar-refractivity contribution < 1.29 is 4.74 Å². The normalized spacial score (nSPS) is 11.9. The van der Waals surface area contributed by atoms with Crippen LogP contribution in [0.3, 0.4) is 0 Å². The smallest absolute Gasteiger partial charge is 0.119 e. The number of rotatable bonds is 6. The molecule has 2 aromatic carbocycles. The molecule has 21 heavy (non-hydrogen) atoms. The van der Waals surface area contributed by atoms with Crippen molar-refractivity contribution in [1.29, 1.82) is 0 Å². The van der Waals surface area contributed by atoms with Gasteiger partial charge < -0.3 is 10.5 Å². The quantitative estimate of drug-likeness (QED) is 0.802. The average Bonchev–Trinajstić information content (AvgIpc) is 2.52. The second kappa shape index (κ2) is 7.23. The Balaban J connectivity index is 2.05. The largest absolute Gasteiger partial charge is 0.489 e. The second-order valence-corrected chi connectivity index (χ2v) is 5.63. The van der Waals surface area contributed by atoms with Gasteiger partial charge in [0.05, 0.1) is 0 Å². The van der Waals surface area contributed by atoms with Crippen LogP contribution >= 0.6 is 12.2 Å². The van der Waals surface area contributed by atoms with Crippen molar-refractivity contribution in [2.75, 3.05) is 0 Å². The molecule has 2 nitrogen and oxygen atoms in total. The third-order valence-electron chi connectivity index (χ3n) is 3.74. The van der Waals surface area contributed by atoms with Crippen LogP contribution in [-0.2, 0) is 6.61 Å². The van der Waals surface area contributed by atoms with E-state index in [9.17, 15) is 0 Å². The molecule has 2 N–H and O–H groups in total. The number of hydrogen-bond donors (Lipinski definition) is 1. The molecule has 0 fully saturated rings. The summed E-state index contributed by atoms with van der Waals surface area (Å²) in [6.45, 7) is 4.90. The van der Waals surface area contributed by atoms with E-state index in [1.807, 2.05) is 36.4 Å². The molecule has 3 heteroatoms. The summed E-state index contributed by atoms with van der Waals surface area (Å²) in [5.41, 5.74) is 8.96. The Labute approximate surface area is 131 Å². The molecule has 0 aliphatic carbocycles. The van der Waals surface area contributed by atoms with Gasteiger partial charge in [0.15, 0.2) is 0 Å². The second-order valence-electron chi connectivity index (χ2n) is 5.19. The summed E-state index contributed by atoms with van der Waals surface area (Å²) in [7, 11) is 0. The van der Waals surface area contributed by atoms with Gasteiger partial charge in [-0.1, -0.05) is 62.5 Å². The van der Waals surface area contributed by atoms with E-state index in [2.05, 4.69) is 26.0 Å². The van der Waals surface area contributed by atoms with Crippen molar-refractivity contribution in [3.8, 4) is 5.75 Å². The third kappa shape index (κ3) is 4.05. The molecule has 0 saturated heterocycles. The zero-order chi connectivity index (χ0) is 15.2. The summed E-state index contributed by atoms with van der Waals surface area (Å²) in [6, 6.07) is 16.1. The summed E-state index contributed by atoms with van der Waals surface area (Å²) in [5.74, 6) is 1.44. The van der Waals surface area contributed by atoms with Crippen molar-refractivity contribution in [1.82, 2.24) is 0 Å². The van der Waals surface area contributed by atoms with Crippen molar-refractivity contribution in [3.63, 3.8) is 0 Å². The van der Waals surface area contributed by atoms with Crippen molar-refractivity contribution in [3.05, 3.63) is 65.2 Å². The summed E-state index contributed by atoms with van der Waals surface area (Å²) in [5, 5.41) is 0. The van der Waals surface area contributed by atoms with Crippen molar-refractivity contribution in [2.24, 2.45) is 5.73 Å². The minimum atomic E-state index is 0.404. The third-order valence-corrected chi connectivity index (χ3v) is 3.96. The van der Waals surface area contributed by atoms with E-state index >= 15 is 0 Å². The lowest BCUT2D eigenvalue weighted by atomic mass is 9.99. The lowest BCUT2D eigenvalue weighted by Gasteiger charge is -2.12. The highest BCUT2D eigenvalue weighted by molar-refractivity contribution is 7.80. The molecule has 0 amide bonds. The number of thiocarbonyl (C=S) groups is 1. The van der Waals surface area contributed by atoms with E-state index in [-0.39, 0.29) is 0 Å². The highest BCUT2D eigenvalue weighted by Gasteiger charge is 2.06. The zero-order valence-electron chi connectivity index (χ0n) is 12.5. The van der Waals surface area contributed by atoms with Crippen LogP contribution < -0.4 is 10.5 Å². The van der Waals surface area contributed by atoms with Crippen molar-refractivity contribution >= 4 is 17.2 Å². The molecule has 110 valence electrons. The van der Waals surface area contributed by atoms with Crippen LogP contribution in [0.1, 0.15) is 42.9 Å². The molecule has 1 unspecified atom stereocenters. The van der Waals surface area contributed by atoms with Crippen LogP contribution in [0.4, 0.5) is 0 Å². The monoisotopic (exact) mass is 299 g/mol. The van der Waals surface area contributed by atoms with Gasteiger partial charge >= 0.3 is 0 Å². The Bertz CT molecular complexity index is 607. The minimum Gasteiger partial charge on any atom is -0.489 e. The number of hydrogen-bond acceptors (Lipinski definition) is 2. The van der Waals surface area contributed by atoms with Gasteiger partial charge in [-0.25, -0.2) is 0 Å². The molecule has 0 aliphatic heterocycles. The summed E-state index contributed by atoms with van der Waals surface area (Å²) in [6.07, 6.45) is 1.14. The number of ether oxygens (including phenoxy) is 1. The molecule has 0 heterocycles. The van der Waals surface area contributed by atoms with E-state index in [0.29, 0.717) is 17.5 Å². The first kappa shape index (κ1) is 15.5. The Hall–Kier alpha value is -1.87. The van der Waals surface area contributed by atoms with E-state index in [1.54, 1.807) is 0 Å². The maximum absolute atomic E-state index is 5.84. The fourth-order valence-electron chi connectivity index (χ4n) is 2.18. The van der Waals surface area contributed by atoms with Gasteiger partial charge in [-0.05, 0) is 35.6 Å². The molecule has 0 spiro atoms. The molecule has 1 atom stereocenters. The maximum Gasteiger partial charge on any atom is 0.119 e. The Morgan fingerprint density at radius 1 is 1.14 bits per heavy atom. The van der Waals surface area contributed by atoms with E-state index in [1.165, 1.54) is 5.56 Å². The molecule has 0 bridgehead atoms. The highest BCUT2D eigenvalue weighted by Crippen LogP contribution is 2.22. The highest BCUT2D eigenvalue weighted by atomic mass is 32.1. The fraction of sp³-hybridized carbons (Fsp3) is 0.278. The lowest BCUT2D eigenvalue weighted by molar-refractivity contribution is 0.306. The lowest BCUT2D eigenvalue weighted by Crippen LogP contribution is -2.13. The predicted octanol–water partition coefficient (Wildman–Crippen LogP) is 4.41. The van der Waals surface area contributed by atoms with Gasteiger partial charge in [-0.2, -0.15) is 0 Å². The predicted molar refractivity (Wildman–Crippen MR) is 91.8 cm³/mol. The Kier molecular flexibility index (Phi) is 5.34. The van der Waals surface area contributed by atoms with Crippen LogP contribution in [0.15, 0.2) is 48.5 Å². The van der Waals surface area contributed by atoms with E-state index < -0.39 is 0 Å². The zero-order valence-corrected chi connectivity index (χ0v) is 13.3. The molecule has 2 aromatic rings. The van der Waals surface area contributed by atoms with Gasteiger partial charge in [0.2, 0.25) is 0 Å². The Morgan fingerprint density at radius 2 is 1.81 bits per heavy atom. The molecular formula is C18H21NOS. The first-order chi connectivity index (χ1) is 10.1. The van der Waals surface area contributed by atoms with Crippen LogP contribution in [0.2, 0.25) is 0 Å². The van der Waals surface area contributed by atoms with Gasteiger partial charge in [-0.3, -0.25) is 0 Å². The molecule has 0 aliphatic rings. The van der Waals surface area contributed by atoms with Crippen LogP contribution in [-0.4, -0.2) is 4.99 Å². The SMILES string of the molecule is CCC(C)c1ccc(OCc2ccccc2C(N)=S)cc1. The van der Waals surface area contributed by atoms with Gasteiger partial charge in [-0.15, -0.1) is 0 Å². The summed E-state index contributed by atoms with van der Waals surface area (Å²) < 4.78 is 5.84. The fourth-order valence-corrected chi connectivity index (χ4v) is 2.38. The van der Waals surface area contributed by atoms with Crippen LogP contribution in [0, 0.1) is 0 Å². The van der Waals surface area contributed by atoms with Crippen LogP contribution in [0.25, 0.3) is 0 Å². The summed E-state index contributed by atoms with van der Waals surface area (Å²) >= 11 is 5.06. The first-order valence-corrected chi connectivity index (χ1v) is 7.63. The van der Waals surface area contributed by atoms with Crippen molar-refractivity contribution in [2.45, 2.75) is 32.8 Å². The molecule has 2 rings (SSSR count). The number of benzene rings is 2. The van der Waals surface area contributed by atoms with Gasteiger partial charge in [0.1, 0.15) is 17.3 Å². The minimum absolute atomic E-state index is 0.404. The van der Waals surface area contributed by atoms with E-state index in [4.69, 9.17) is 22.7 Å². The topological polar surface area (TPSA) is 35.2 Å². The number of nitrogens with two attached hydrogens (primary N) is 1. The molecule has 0 saturated carbocycles. The average molecular weight is 299 g/mol. The first-order valence-electron chi connectivity index (χ1n) is 7.22. The molecule has 0 radical (unpaired) electrons. The maximum atomic E-state index is 5.84. The van der Waals surface area contributed by atoms with Gasteiger partial charge in [0.25, 0.3) is 0 Å².